The van der Waals surface area contributed by atoms with Crippen molar-refractivity contribution in [3.8, 4) is 11.3 Å². The number of carbonyl (C=O) groups excluding carboxylic acids is 1. The van der Waals surface area contributed by atoms with E-state index < -0.39 is 0 Å². The largest absolute Gasteiger partial charge is 0.361 e. The van der Waals surface area contributed by atoms with Crippen LogP contribution in [0.5, 0.6) is 0 Å². The van der Waals surface area contributed by atoms with Gasteiger partial charge in [-0.05, 0) is 43.3 Å². The highest BCUT2D eigenvalue weighted by atomic mass is 19.1. The molecule has 0 spiro atoms. The molecule has 0 radical (unpaired) electrons. The molecule has 25 heavy (non-hydrogen) atoms. The van der Waals surface area contributed by atoms with Crippen LogP contribution in [0.3, 0.4) is 0 Å². The zero-order valence-electron chi connectivity index (χ0n) is 13.9. The first-order chi connectivity index (χ1) is 12.0. The maximum absolute atomic E-state index is 13.2. The van der Waals surface area contributed by atoms with Gasteiger partial charge in [0.2, 0.25) is 0 Å². The zero-order valence-corrected chi connectivity index (χ0v) is 13.9. The fraction of sp³-hybridized carbons (Fsp3) is 0.158. The number of aromatic nitrogens is 2. The quantitative estimate of drug-likeness (QED) is 0.750. The van der Waals surface area contributed by atoms with E-state index in [9.17, 15) is 9.18 Å². The second-order valence-corrected chi connectivity index (χ2v) is 6.22. The van der Waals surface area contributed by atoms with E-state index in [1.807, 2.05) is 25.1 Å². The Balaban J connectivity index is 1.76. The van der Waals surface area contributed by atoms with Crippen LogP contribution >= 0.6 is 0 Å². The van der Waals surface area contributed by atoms with Gasteiger partial charge in [0.25, 0.3) is 5.91 Å². The molecule has 2 aromatic carbocycles. The summed E-state index contributed by atoms with van der Waals surface area (Å²) >= 11 is 0. The van der Waals surface area contributed by atoms with Gasteiger partial charge in [-0.3, -0.25) is 9.89 Å². The standard InChI is InChI=1S/C19H17FN4O/c1-11-3-8-16-14(9-11)19(25)24(2)18(22-16)15-10-21-23-17(15)12-4-6-13(20)7-5-12/h3-10,18,22H,1-2H3,(H,21,23). The number of nitrogens with zero attached hydrogens (tertiary/aromatic N) is 2. The van der Waals surface area contributed by atoms with Crippen molar-refractivity contribution in [2.24, 2.45) is 0 Å². The van der Waals surface area contributed by atoms with Crippen molar-refractivity contribution in [3.05, 3.63) is 71.2 Å². The summed E-state index contributed by atoms with van der Waals surface area (Å²) in [7, 11) is 1.76. The van der Waals surface area contributed by atoms with Gasteiger partial charge < -0.3 is 10.2 Å². The molecule has 1 aliphatic rings. The Hall–Kier alpha value is -3.15. The van der Waals surface area contributed by atoms with E-state index in [2.05, 4.69) is 15.5 Å². The molecule has 5 nitrogen and oxygen atoms in total. The Kier molecular flexibility index (Phi) is 3.53. The molecule has 0 fully saturated rings. The minimum Gasteiger partial charge on any atom is -0.361 e. The van der Waals surface area contributed by atoms with Crippen molar-refractivity contribution in [3.63, 3.8) is 0 Å². The number of amides is 1. The van der Waals surface area contributed by atoms with Crippen LogP contribution in [0.4, 0.5) is 10.1 Å². The molecule has 0 saturated heterocycles. The number of fused-ring (bicyclic) bond motifs is 1. The van der Waals surface area contributed by atoms with E-state index in [4.69, 9.17) is 0 Å². The van der Waals surface area contributed by atoms with Gasteiger partial charge in [0.15, 0.2) is 0 Å². The zero-order chi connectivity index (χ0) is 17.6. The molecule has 0 aliphatic carbocycles. The Labute approximate surface area is 144 Å². The molecule has 4 rings (SSSR count). The van der Waals surface area contributed by atoms with Crippen LogP contribution in [-0.2, 0) is 0 Å². The van der Waals surface area contributed by atoms with E-state index in [-0.39, 0.29) is 17.9 Å². The maximum atomic E-state index is 13.2. The summed E-state index contributed by atoms with van der Waals surface area (Å²) in [6, 6.07) is 12.0. The summed E-state index contributed by atoms with van der Waals surface area (Å²) in [4.78, 5) is 14.4. The predicted molar refractivity (Wildman–Crippen MR) is 93.6 cm³/mol. The SMILES string of the molecule is Cc1ccc2c(c1)C(=O)N(C)C(c1cn[nH]c1-c1ccc(F)cc1)N2. The number of rotatable bonds is 2. The Bertz CT molecular complexity index is 948. The van der Waals surface area contributed by atoms with Crippen LogP contribution in [0.15, 0.2) is 48.7 Å². The molecular formula is C19H17FN4O. The Morgan fingerprint density at radius 1 is 1.16 bits per heavy atom. The van der Waals surface area contributed by atoms with Crippen LogP contribution in [-0.4, -0.2) is 28.1 Å². The number of halogens is 1. The summed E-state index contributed by atoms with van der Waals surface area (Å²) in [6.07, 6.45) is 1.33. The maximum Gasteiger partial charge on any atom is 0.257 e. The van der Waals surface area contributed by atoms with Crippen LogP contribution in [0.2, 0.25) is 0 Å². The molecule has 1 aromatic heterocycles. The molecule has 6 heteroatoms. The Morgan fingerprint density at radius 2 is 1.92 bits per heavy atom. The van der Waals surface area contributed by atoms with Crippen molar-refractivity contribution < 1.29 is 9.18 Å². The van der Waals surface area contributed by atoms with Crippen LogP contribution < -0.4 is 5.32 Å². The first-order valence-electron chi connectivity index (χ1n) is 7.98. The molecule has 126 valence electrons. The summed E-state index contributed by atoms with van der Waals surface area (Å²) in [5.41, 5.74) is 4.89. The lowest BCUT2D eigenvalue weighted by molar-refractivity contribution is 0.0736. The minimum atomic E-state index is -0.360. The fourth-order valence-corrected chi connectivity index (χ4v) is 3.15. The second kappa shape index (κ2) is 5.73. The van der Waals surface area contributed by atoms with Gasteiger partial charge in [0.05, 0.1) is 17.5 Å². The lowest BCUT2D eigenvalue weighted by Crippen LogP contribution is -2.40. The molecule has 3 aromatic rings. The summed E-state index contributed by atoms with van der Waals surface area (Å²) in [5.74, 6) is -0.342. The van der Waals surface area contributed by atoms with Gasteiger partial charge in [0.1, 0.15) is 12.0 Å². The van der Waals surface area contributed by atoms with E-state index in [0.29, 0.717) is 5.56 Å². The number of anilines is 1. The van der Waals surface area contributed by atoms with Gasteiger partial charge >= 0.3 is 0 Å². The van der Waals surface area contributed by atoms with Crippen LogP contribution in [0, 0.1) is 12.7 Å². The predicted octanol–water partition coefficient (Wildman–Crippen LogP) is 3.72. The highest BCUT2D eigenvalue weighted by Gasteiger charge is 2.32. The highest BCUT2D eigenvalue weighted by molar-refractivity contribution is 6.02. The van der Waals surface area contributed by atoms with Gasteiger partial charge in [-0.25, -0.2) is 4.39 Å². The van der Waals surface area contributed by atoms with Crippen molar-refractivity contribution in [2.75, 3.05) is 12.4 Å². The molecule has 2 heterocycles. The van der Waals surface area contributed by atoms with Crippen molar-refractivity contribution in [2.45, 2.75) is 13.1 Å². The number of aromatic amines is 1. The number of carbonyl (C=O) groups is 1. The third-order valence-corrected chi connectivity index (χ3v) is 4.50. The van der Waals surface area contributed by atoms with E-state index in [0.717, 1.165) is 28.1 Å². The van der Waals surface area contributed by atoms with E-state index in [1.165, 1.54) is 12.1 Å². The molecule has 1 amide bonds. The first kappa shape index (κ1) is 15.4. The number of hydrogen-bond donors (Lipinski definition) is 2. The molecule has 2 N–H and O–H groups in total. The van der Waals surface area contributed by atoms with Crippen molar-refractivity contribution in [1.29, 1.82) is 0 Å². The lowest BCUT2D eigenvalue weighted by atomic mass is 10.0. The second-order valence-electron chi connectivity index (χ2n) is 6.22. The molecule has 0 bridgehead atoms. The van der Waals surface area contributed by atoms with E-state index >= 15 is 0 Å². The topological polar surface area (TPSA) is 61.0 Å². The molecule has 0 saturated carbocycles. The number of aryl methyl sites for hydroxylation is 1. The average Bonchev–Trinajstić information content (AvgIpc) is 3.08. The van der Waals surface area contributed by atoms with Crippen LogP contribution in [0.25, 0.3) is 11.3 Å². The molecule has 1 atom stereocenters. The van der Waals surface area contributed by atoms with Gasteiger partial charge in [0, 0.05) is 23.9 Å². The smallest absolute Gasteiger partial charge is 0.257 e. The third kappa shape index (κ3) is 2.55. The molecular weight excluding hydrogens is 319 g/mol. The minimum absolute atomic E-state index is 0.0475. The van der Waals surface area contributed by atoms with Crippen LogP contribution in [0.1, 0.15) is 27.7 Å². The Morgan fingerprint density at radius 3 is 2.68 bits per heavy atom. The first-order valence-corrected chi connectivity index (χ1v) is 7.98. The summed E-state index contributed by atoms with van der Waals surface area (Å²) in [5, 5.41) is 10.5. The summed E-state index contributed by atoms with van der Waals surface area (Å²) < 4.78 is 13.2. The number of benzene rings is 2. The van der Waals surface area contributed by atoms with Gasteiger partial charge in [-0.1, -0.05) is 11.6 Å². The summed E-state index contributed by atoms with van der Waals surface area (Å²) in [6.45, 7) is 1.96. The third-order valence-electron chi connectivity index (χ3n) is 4.50. The van der Waals surface area contributed by atoms with E-state index in [1.54, 1.807) is 30.3 Å². The number of nitrogens with one attached hydrogen (secondary N) is 2. The highest BCUT2D eigenvalue weighted by Crippen LogP contribution is 2.36. The normalized spacial score (nSPS) is 16.5. The van der Waals surface area contributed by atoms with Crippen molar-refractivity contribution in [1.82, 2.24) is 15.1 Å². The average molecular weight is 336 g/mol. The number of H-pyrrole nitrogens is 1. The van der Waals surface area contributed by atoms with Crippen molar-refractivity contribution >= 4 is 11.6 Å². The van der Waals surface area contributed by atoms with Gasteiger partial charge in [-0.2, -0.15) is 5.10 Å². The van der Waals surface area contributed by atoms with Gasteiger partial charge in [-0.15, -0.1) is 0 Å². The molecule has 1 aliphatic heterocycles. The monoisotopic (exact) mass is 336 g/mol. The molecule has 1 unspecified atom stereocenters. The number of hydrogen-bond acceptors (Lipinski definition) is 3. The lowest BCUT2D eigenvalue weighted by Gasteiger charge is -2.35. The fourth-order valence-electron chi connectivity index (χ4n) is 3.15.